The lowest BCUT2D eigenvalue weighted by Gasteiger charge is -2.08. The molecule has 0 bridgehead atoms. The average Bonchev–Trinajstić information content (AvgIpc) is 2.87. The minimum Gasteiger partial charge on any atom is -0.329 e. The van der Waals surface area contributed by atoms with Crippen LogP contribution in [0.15, 0.2) is 34.9 Å². The molecule has 0 amide bonds. The van der Waals surface area contributed by atoms with Gasteiger partial charge in [0.25, 0.3) is 0 Å². The van der Waals surface area contributed by atoms with Crippen molar-refractivity contribution in [3.8, 4) is 0 Å². The SMILES string of the molecule is C=C/C=C(\C=C(/C)c1noc(C(F)(F)F)n1)CS(=O)(=O)C(C)C. The molecule has 0 aliphatic rings. The fourth-order valence-corrected chi connectivity index (χ4v) is 2.51. The number of hydrogen-bond donors (Lipinski definition) is 0. The van der Waals surface area contributed by atoms with Crippen molar-refractivity contribution in [2.45, 2.75) is 32.2 Å². The van der Waals surface area contributed by atoms with Crippen LogP contribution in [-0.4, -0.2) is 29.6 Å². The highest BCUT2D eigenvalue weighted by Crippen LogP contribution is 2.28. The van der Waals surface area contributed by atoms with E-state index in [1.807, 2.05) is 0 Å². The number of nitrogens with zero attached hydrogens (tertiary/aromatic N) is 2. The molecule has 0 unspecified atom stereocenters. The normalized spacial score (nSPS) is 14.4. The Kier molecular flexibility index (Phi) is 5.92. The highest BCUT2D eigenvalue weighted by molar-refractivity contribution is 7.92. The number of sulfone groups is 1. The molecule has 0 aliphatic heterocycles. The lowest BCUT2D eigenvalue weighted by atomic mass is 10.1. The second-order valence-electron chi connectivity index (χ2n) is 5.08. The Bertz CT molecular complexity index is 729. The Morgan fingerprint density at radius 2 is 2.00 bits per heavy atom. The van der Waals surface area contributed by atoms with E-state index in [9.17, 15) is 21.6 Å². The molecule has 0 spiro atoms. The molecule has 1 aromatic rings. The zero-order valence-electron chi connectivity index (χ0n) is 12.9. The van der Waals surface area contributed by atoms with Crippen LogP contribution >= 0.6 is 0 Å². The van der Waals surface area contributed by atoms with E-state index in [1.54, 1.807) is 13.8 Å². The molecule has 0 saturated carbocycles. The van der Waals surface area contributed by atoms with Crippen LogP contribution in [0.5, 0.6) is 0 Å². The fraction of sp³-hybridized carbons (Fsp3) is 0.429. The molecule has 0 aromatic carbocycles. The summed E-state index contributed by atoms with van der Waals surface area (Å²) in [6.07, 6.45) is -0.473. The second-order valence-corrected chi connectivity index (χ2v) is 7.64. The first-order valence-electron chi connectivity index (χ1n) is 6.60. The van der Waals surface area contributed by atoms with E-state index in [2.05, 4.69) is 21.2 Å². The molecule has 1 heterocycles. The monoisotopic (exact) mass is 350 g/mol. The number of halogens is 3. The second kappa shape index (κ2) is 7.12. The van der Waals surface area contributed by atoms with Gasteiger partial charge in [0, 0.05) is 0 Å². The Morgan fingerprint density at radius 1 is 1.39 bits per heavy atom. The summed E-state index contributed by atoms with van der Waals surface area (Å²) >= 11 is 0. The van der Waals surface area contributed by atoms with Crippen molar-refractivity contribution in [2.75, 3.05) is 5.75 Å². The molecule has 1 rings (SSSR count). The standard InChI is InChI=1S/C14H17F3N2O3S/c1-5-6-11(8-23(20,21)9(2)3)7-10(4)12-18-13(22-19-12)14(15,16)17/h5-7,9H,1,8H2,2-4H3/b10-7+,11-6+. The number of aromatic nitrogens is 2. The van der Waals surface area contributed by atoms with Gasteiger partial charge < -0.3 is 4.52 Å². The van der Waals surface area contributed by atoms with Crippen molar-refractivity contribution >= 4 is 15.4 Å². The number of alkyl halides is 3. The Hall–Kier alpha value is -1.90. The van der Waals surface area contributed by atoms with Crippen molar-refractivity contribution < 1.29 is 26.1 Å². The Morgan fingerprint density at radius 3 is 2.43 bits per heavy atom. The third-order valence-corrected chi connectivity index (χ3v) is 5.01. The van der Waals surface area contributed by atoms with Gasteiger partial charge in [0.15, 0.2) is 15.7 Å². The predicted molar refractivity (Wildman–Crippen MR) is 80.2 cm³/mol. The van der Waals surface area contributed by atoms with Crippen LogP contribution in [0.4, 0.5) is 13.2 Å². The first-order chi connectivity index (χ1) is 10.5. The van der Waals surface area contributed by atoms with Gasteiger partial charge in [-0.05, 0) is 31.9 Å². The minimum atomic E-state index is -4.73. The number of hydrogen-bond acceptors (Lipinski definition) is 5. The zero-order chi connectivity index (χ0) is 17.8. The fourth-order valence-electron chi connectivity index (χ4n) is 1.53. The van der Waals surface area contributed by atoms with E-state index in [4.69, 9.17) is 0 Å². The lowest BCUT2D eigenvalue weighted by Crippen LogP contribution is -2.18. The molecular weight excluding hydrogens is 333 g/mol. The average molecular weight is 350 g/mol. The number of allylic oxidation sites excluding steroid dienone is 4. The van der Waals surface area contributed by atoms with Gasteiger partial charge in [-0.25, -0.2) is 8.42 Å². The van der Waals surface area contributed by atoms with Crippen LogP contribution in [0.2, 0.25) is 0 Å². The van der Waals surface area contributed by atoms with Gasteiger partial charge in [-0.3, -0.25) is 0 Å². The third kappa shape index (κ3) is 5.34. The van der Waals surface area contributed by atoms with Gasteiger partial charge in [-0.2, -0.15) is 18.2 Å². The maximum Gasteiger partial charge on any atom is 0.471 e. The highest BCUT2D eigenvalue weighted by atomic mass is 32.2. The summed E-state index contributed by atoms with van der Waals surface area (Å²) in [6, 6.07) is 0. The van der Waals surface area contributed by atoms with E-state index < -0.39 is 27.2 Å². The molecule has 0 aliphatic carbocycles. The van der Waals surface area contributed by atoms with Gasteiger partial charge in [0.1, 0.15) is 0 Å². The molecule has 9 heteroatoms. The van der Waals surface area contributed by atoms with E-state index in [0.29, 0.717) is 5.57 Å². The molecule has 0 atom stereocenters. The first-order valence-corrected chi connectivity index (χ1v) is 8.31. The smallest absolute Gasteiger partial charge is 0.329 e. The van der Waals surface area contributed by atoms with Gasteiger partial charge >= 0.3 is 12.1 Å². The molecule has 128 valence electrons. The third-order valence-electron chi connectivity index (χ3n) is 2.84. The minimum absolute atomic E-state index is 0.247. The molecule has 5 nitrogen and oxygen atoms in total. The van der Waals surface area contributed by atoms with E-state index in [1.165, 1.54) is 25.2 Å². The zero-order valence-corrected chi connectivity index (χ0v) is 13.7. The highest BCUT2D eigenvalue weighted by Gasteiger charge is 2.38. The van der Waals surface area contributed by atoms with Crippen molar-refractivity contribution in [1.29, 1.82) is 0 Å². The molecule has 0 N–H and O–H groups in total. The summed E-state index contributed by atoms with van der Waals surface area (Å²) in [5.41, 5.74) is 0.612. The van der Waals surface area contributed by atoms with Crippen LogP contribution < -0.4 is 0 Å². The van der Waals surface area contributed by atoms with Crippen LogP contribution in [0.3, 0.4) is 0 Å². The van der Waals surface area contributed by atoms with Crippen LogP contribution in [0.1, 0.15) is 32.5 Å². The quantitative estimate of drug-likeness (QED) is 0.735. The Balaban J connectivity index is 3.11. The molecule has 0 saturated heterocycles. The summed E-state index contributed by atoms with van der Waals surface area (Å²) in [6.45, 7) is 8.05. The summed E-state index contributed by atoms with van der Waals surface area (Å²) in [4.78, 5) is 3.25. The van der Waals surface area contributed by atoms with Gasteiger partial charge in [0.2, 0.25) is 0 Å². The summed E-state index contributed by atoms with van der Waals surface area (Å²) in [5, 5.41) is 2.67. The predicted octanol–water partition coefficient (Wildman–Crippen LogP) is 3.43. The topological polar surface area (TPSA) is 73.1 Å². The van der Waals surface area contributed by atoms with E-state index in [0.717, 1.165) is 0 Å². The molecule has 23 heavy (non-hydrogen) atoms. The van der Waals surface area contributed by atoms with Crippen molar-refractivity contribution in [3.63, 3.8) is 0 Å². The Labute approximate surface area is 132 Å². The summed E-state index contributed by atoms with van der Waals surface area (Å²) in [7, 11) is -3.37. The first kappa shape index (κ1) is 19.1. The largest absolute Gasteiger partial charge is 0.471 e. The molecule has 1 aromatic heterocycles. The number of rotatable bonds is 6. The molecule has 0 radical (unpaired) electrons. The molecular formula is C14H17F3N2O3S. The van der Waals surface area contributed by atoms with Crippen molar-refractivity contribution in [2.24, 2.45) is 0 Å². The van der Waals surface area contributed by atoms with Gasteiger partial charge in [0.05, 0.1) is 11.0 Å². The van der Waals surface area contributed by atoms with Crippen LogP contribution in [0.25, 0.3) is 5.57 Å². The van der Waals surface area contributed by atoms with E-state index >= 15 is 0 Å². The van der Waals surface area contributed by atoms with Crippen molar-refractivity contribution in [3.05, 3.63) is 42.1 Å². The van der Waals surface area contributed by atoms with Crippen LogP contribution in [0, 0.1) is 0 Å². The summed E-state index contributed by atoms with van der Waals surface area (Å²) < 4.78 is 65.4. The van der Waals surface area contributed by atoms with E-state index in [-0.39, 0.29) is 17.2 Å². The van der Waals surface area contributed by atoms with Crippen molar-refractivity contribution in [1.82, 2.24) is 10.1 Å². The summed E-state index contributed by atoms with van der Waals surface area (Å²) in [5.74, 6) is -1.98. The maximum atomic E-state index is 12.4. The van der Waals surface area contributed by atoms with Gasteiger partial charge in [-0.15, -0.1) is 0 Å². The maximum absolute atomic E-state index is 12.4. The van der Waals surface area contributed by atoms with Gasteiger partial charge in [-0.1, -0.05) is 30.0 Å². The molecule has 0 fully saturated rings. The van der Waals surface area contributed by atoms with Crippen LogP contribution in [-0.2, 0) is 16.0 Å². The lowest BCUT2D eigenvalue weighted by molar-refractivity contribution is -0.159.